The van der Waals surface area contributed by atoms with Crippen LogP contribution >= 0.6 is 0 Å². The predicted octanol–water partition coefficient (Wildman–Crippen LogP) is 2.10. The molecular weight excluding hydrogens is 284 g/mol. The van der Waals surface area contributed by atoms with Crippen molar-refractivity contribution in [2.24, 2.45) is 5.73 Å². The van der Waals surface area contributed by atoms with Crippen LogP contribution in [0, 0.1) is 21.4 Å². The lowest BCUT2D eigenvalue weighted by molar-refractivity contribution is -0.384. The Labute approximate surface area is 126 Å². The van der Waals surface area contributed by atoms with Gasteiger partial charge in [0.25, 0.3) is 5.69 Å². The molecule has 110 valence electrons. The van der Waals surface area contributed by atoms with Crippen molar-refractivity contribution >= 4 is 17.3 Å². The van der Waals surface area contributed by atoms with Gasteiger partial charge >= 0.3 is 0 Å². The number of nitrogens with zero attached hydrogens (tertiary/aromatic N) is 2. The number of benzene rings is 2. The van der Waals surface area contributed by atoms with Crippen LogP contribution in [0.2, 0.25) is 0 Å². The number of amides is 1. The lowest BCUT2D eigenvalue weighted by Gasteiger charge is -2.17. The minimum atomic E-state index is -0.909. The lowest BCUT2D eigenvalue weighted by Crippen LogP contribution is -2.27. The van der Waals surface area contributed by atoms with E-state index in [4.69, 9.17) is 11.0 Å². The van der Waals surface area contributed by atoms with E-state index in [0.29, 0.717) is 5.56 Å². The molecule has 0 heterocycles. The molecule has 0 aromatic heterocycles. The molecule has 1 atom stereocenters. The monoisotopic (exact) mass is 296 g/mol. The van der Waals surface area contributed by atoms with Crippen LogP contribution in [0.5, 0.6) is 0 Å². The van der Waals surface area contributed by atoms with Gasteiger partial charge in [-0.3, -0.25) is 14.9 Å². The fourth-order valence-electron chi connectivity index (χ4n) is 1.99. The SMILES string of the molecule is N#Cc1ccc(NC(C(N)=O)c2ccccc2)c([N+](=O)[O-])c1. The summed E-state index contributed by atoms with van der Waals surface area (Å²) in [6, 6.07) is 13.5. The van der Waals surface area contributed by atoms with Crippen LogP contribution in [0.25, 0.3) is 0 Å². The molecule has 0 saturated heterocycles. The minimum Gasteiger partial charge on any atom is -0.368 e. The summed E-state index contributed by atoms with van der Waals surface area (Å²) in [5.41, 5.74) is 5.96. The highest BCUT2D eigenvalue weighted by Crippen LogP contribution is 2.29. The molecule has 0 aliphatic carbocycles. The molecule has 0 aliphatic rings. The first-order chi connectivity index (χ1) is 10.5. The van der Waals surface area contributed by atoms with Gasteiger partial charge in [-0.1, -0.05) is 30.3 Å². The molecule has 22 heavy (non-hydrogen) atoms. The van der Waals surface area contributed by atoms with Crippen molar-refractivity contribution in [3.05, 3.63) is 69.8 Å². The number of hydrogen-bond acceptors (Lipinski definition) is 5. The number of nitro groups is 1. The zero-order valence-corrected chi connectivity index (χ0v) is 11.4. The van der Waals surface area contributed by atoms with Crippen LogP contribution in [0.4, 0.5) is 11.4 Å². The molecule has 2 rings (SSSR count). The Balaban J connectivity index is 2.41. The molecule has 7 heteroatoms. The maximum Gasteiger partial charge on any atom is 0.293 e. The van der Waals surface area contributed by atoms with Gasteiger partial charge in [-0.25, -0.2) is 0 Å². The van der Waals surface area contributed by atoms with Gasteiger partial charge in [0, 0.05) is 6.07 Å². The second kappa shape index (κ2) is 6.37. The number of hydrogen-bond donors (Lipinski definition) is 2. The summed E-state index contributed by atoms with van der Waals surface area (Å²) in [6.07, 6.45) is 0. The Kier molecular flexibility index (Phi) is 4.34. The molecule has 0 radical (unpaired) electrons. The number of primary amides is 1. The van der Waals surface area contributed by atoms with E-state index in [1.807, 2.05) is 6.07 Å². The number of nitrogens with one attached hydrogen (secondary N) is 1. The van der Waals surface area contributed by atoms with Crippen LogP contribution in [0.1, 0.15) is 17.2 Å². The van der Waals surface area contributed by atoms with Gasteiger partial charge in [0.2, 0.25) is 5.91 Å². The maximum absolute atomic E-state index is 11.6. The molecule has 0 fully saturated rings. The summed E-state index contributed by atoms with van der Waals surface area (Å²) in [4.78, 5) is 22.1. The summed E-state index contributed by atoms with van der Waals surface area (Å²) in [5, 5.41) is 22.7. The van der Waals surface area contributed by atoms with Crippen molar-refractivity contribution in [2.75, 3.05) is 5.32 Å². The molecule has 0 spiro atoms. The van der Waals surface area contributed by atoms with Gasteiger partial charge in [0.1, 0.15) is 11.7 Å². The first kappa shape index (κ1) is 15.0. The summed E-state index contributed by atoms with van der Waals surface area (Å²) in [6.45, 7) is 0. The number of rotatable bonds is 5. The van der Waals surface area contributed by atoms with Gasteiger partial charge in [-0.2, -0.15) is 5.26 Å². The number of carbonyl (C=O) groups is 1. The number of nitrogens with two attached hydrogens (primary N) is 1. The number of nitro benzene ring substituents is 1. The summed E-state index contributed by atoms with van der Waals surface area (Å²) < 4.78 is 0. The Morgan fingerprint density at radius 1 is 1.27 bits per heavy atom. The average Bonchev–Trinajstić information content (AvgIpc) is 2.53. The number of anilines is 1. The van der Waals surface area contributed by atoms with Crippen LogP contribution in [0.3, 0.4) is 0 Å². The Morgan fingerprint density at radius 3 is 2.50 bits per heavy atom. The van der Waals surface area contributed by atoms with Gasteiger partial charge in [0.15, 0.2) is 0 Å². The van der Waals surface area contributed by atoms with E-state index in [-0.39, 0.29) is 16.9 Å². The quantitative estimate of drug-likeness (QED) is 0.646. The van der Waals surface area contributed by atoms with E-state index >= 15 is 0 Å². The number of nitriles is 1. The molecule has 2 aromatic carbocycles. The first-order valence-corrected chi connectivity index (χ1v) is 6.32. The molecule has 2 aromatic rings. The Morgan fingerprint density at radius 2 is 1.95 bits per heavy atom. The largest absolute Gasteiger partial charge is 0.368 e. The van der Waals surface area contributed by atoms with Gasteiger partial charge in [0.05, 0.1) is 16.6 Å². The third-order valence-electron chi connectivity index (χ3n) is 3.04. The topological polar surface area (TPSA) is 122 Å². The van der Waals surface area contributed by atoms with E-state index in [0.717, 1.165) is 6.07 Å². The van der Waals surface area contributed by atoms with E-state index in [9.17, 15) is 14.9 Å². The summed E-state index contributed by atoms with van der Waals surface area (Å²) >= 11 is 0. The second-order valence-corrected chi connectivity index (χ2v) is 4.49. The van der Waals surface area contributed by atoms with Crippen LogP contribution in [-0.2, 0) is 4.79 Å². The molecule has 3 N–H and O–H groups in total. The number of carbonyl (C=O) groups excluding carboxylic acids is 1. The van der Waals surface area contributed by atoms with E-state index in [1.54, 1.807) is 30.3 Å². The van der Waals surface area contributed by atoms with Crippen molar-refractivity contribution in [2.45, 2.75) is 6.04 Å². The molecule has 1 unspecified atom stereocenters. The standard InChI is InChI=1S/C15H12N4O3/c16-9-10-6-7-12(13(8-10)19(21)22)18-14(15(17)20)11-4-2-1-3-5-11/h1-8,14,18H,(H2,17,20). The molecule has 0 bridgehead atoms. The summed E-state index contributed by atoms with van der Waals surface area (Å²) in [7, 11) is 0. The highest BCUT2D eigenvalue weighted by molar-refractivity contribution is 5.85. The van der Waals surface area contributed by atoms with Gasteiger partial charge in [-0.05, 0) is 17.7 Å². The fraction of sp³-hybridized carbons (Fsp3) is 0.0667. The highest BCUT2D eigenvalue weighted by atomic mass is 16.6. The van der Waals surface area contributed by atoms with E-state index in [1.165, 1.54) is 12.1 Å². The van der Waals surface area contributed by atoms with Crippen molar-refractivity contribution in [3.8, 4) is 6.07 Å². The van der Waals surface area contributed by atoms with Crippen molar-refractivity contribution in [1.29, 1.82) is 5.26 Å². The van der Waals surface area contributed by atoms with Crippen LogP contribution in [0.15, 0.2) is 48.5 Å². The maximum atomic E-state index is 11.6. The Hall–Kier alpha value is -3.40. The first-order valence-electron chi connectivity index (χ1n) is 6.32. The van der Waals surface area contributed by atoms with E-state index < -0.39 is 16.9 Å². The fourth-order valence-corrected chi connectivity index (χ4v) is 1.99. The minimum absolute atomic E-state index is 0.122. The van der Waals surface area contributed by atoms with Crippen molar-refractivity contribution in [3.63, 3.8) is 0 Å². The van der Waals surface area contributed by atoms with Crippen molar-refractivity contribution < 1.29 is 9.72 Å². The lowest BCUT2D eigenvalue weighted by atomic mass is 10.1. The van der Waals surface area contributed by atoms with Crippen LogP contribution < -0.4 is 11.1 Å². The van der Waals surface area contributed by atoms with Gasteiger partial charge < -0.3 is 11.1 Å². The van der Waals surface area contributed by atoms with Crippen molar-refractivity contribution in [1.82, 2.24) is 0 Å². The highest BCUT2D eigenvalue weighted by Gasteiger charge is 2.22. The molecule has 1 amide bonds. The van der Waals surface area contributed by atoms with E-state index in [2.05, 4.69) is 5.32 Å². The third kappa shape index (κ3) is 3.19. The smallest absolute Gasteiger partial charge is 0.293 e. The summed E-state index contributed by atoms with van der Waals surface area (Å²) in [5.74, 6) is -0.662. The molecule has 7 nitrogen and oxygen atoms in total. The second-order valence-electron chi connectivity index (χ2n) is 4.49. The zero-order valence-electron chi connectivity index (χ0n) is 11.4. The Bertz CT molecular complexity index is 753. The van der Waals surface area contributed by atoms with Gasteiger partial charge in [-0.15, -0.1) is 0 Å². The van der Waals surface area contributed by atoms with Crippen LogP contribution in [-0.4, -0.2) is 10.8 Å². The normalized spacial score (nSPS) is 11.2. The zero-order chi connectivity index (χ0) is 16.1. The molecular formula is C15H12N4O3. The average molecular weight is 296 g/mol. The third-order valence-corrected chi connectivity index (χ3v) is 3.04. The molecule has 0 saturated carbocycles. The molecule has 0 aliphatic heterocycles. The predicted molar refractivity (Wildman–Crippen MR) is 79.8 cm³/mol.